The Morgan fingerprint density at radius 1 is 0.707 bits per heavy atom. The maximum absolute atomic E-state index is 12.4. The summed E-state index contributed by atoms with van der Waals surface area (Å²) in [6, 6.07) is 9.31. The molecular formula is C26H26N6O9. The molecule has 0 aliphatic carbocycles. The highest BCUT2D eigenvalue weighted by Crippen LogP contribution is 2.33. The SMILES string of the molecule is NOc1cccc2c1CN(C1CCC(=O)NC1=O)C2=O.NOc1cccc2c1CN(OC1CCC(=O)NC1=O)C2=O. The molecule has 2 aromatic rings. The topological polar surface area (TPSA) is 213 Å². The number of nitrogens with zero attached hydrogens (tertiary/aromatic N) is 2. The summed E-state index contributed by atoms with van der Waals surface area (Å²) in [6.07, 6.45) is 0.135. The number of hydrogen-bond acceptors (Lipinski definition) is 11. The van der Waals surface area contributed by atoms with Crippen molar-refractivity contribution in [3.8, 4) is 11.5 Å². The van der Waals surface area contributed by atoms with Crippen LogP contribution in [0.1, 0.15) is 57.5 Å². The zero-order chi connectivity index (χ0) is 29.3. The molecule has 4 aliphatic rings. The van der Waals surface area contributed by atoms with Crippen LogP contribution in [0.3, 0.4) is 0 Å². The van der Waals surface area contributed by atoms with Gasteiger partial charge in [0.1, 0.15) is 6.04 Å². The van der Waals surface area contributed by atoms with Crippen molar-refractivity contribution in [1.29, 1.82) is 0 Å². The molecule has 6 N–H and O–H groups in total. The van der Waals surface area contributed by atoms with Crippen LogP contribution < -0.4 is 32.1 Å². The molecule has 2 saturated heterocycles. The number of imide groups is 2. The molecule has 0 aromatic heterocycles. The maximum atomic E-state index is 12.4. The Kier molecular flexibility index (Phi) is 7.65. The van der Waals surface area contributed by atoms with Gasteiger partial charge < -0.3 is 14.6 Å². The minimum Gasteiger partial charge on any atom is -0.411 e. The molecule has 0 spiro atoms. The highest BCUT2D eigenvalue weighted by atomic mass is 16.7. The quantitative estimate of drug-likeness (QED) is 0.263. The van der Waals surface area contributed by atoms with Gasteiger partial charge in [0.15, 0.2) is 17.6 Å². The Balaban J connectivity index is 0.000000165. The van der Waals surface area contributed by atoms with Gasteiger partial charge in [-0.1, -0.05) is 12.1 Å². The van der Waals surface area contributed by atoms with E-state index in [1.807, 2.05) is 0 Å². The van der Waals surface area contributed by atoms with Crippen molar-refractivity contribution in [2.24, 2.45) is 11.8 Å². The Hall–Kier alpha value is -4.86. The number of amides is 6. The summed E-state index contributed by atoms with van der Waals surface area (Å²) in [5.41, 5.74) is 2.19. The molecule has 6 amide bonds. The van der Waals surface area contributed by atoms with Crippen LogP contribution in [0.15, 0.2) is 36.4 Å². The summed E-state index contributed by atoms with van der Waals surface area (Å²) < 4.78 is 0. The molecule has 15 nitrogen and oxygen atoms in total. The Morgan fingerprint density at radius 2 is 1.27 bits per heavy atom. The molecule has 0 radical (unpaired) electrons. The van der Waals surface area contributed by atoms with E-state index >= 15 is 0 Å². The monoisotopic (exact) mass is 566 g/mol. The van der Waals surface area contributed by atoms with Gasteiger partial charge in [0, 0.05) is 29.5 Å². The lowest BCUT2D eigenvalue weighted by atomic mass is 10.0. The smallest absolute Gasteiger partial charge is 0.278 e. The standard InChI is InChI=1S/C13H13N3O5.C13H13N3O4/c14-20-9-3-1-2-7-8(9)6-16(13(7)19)21-10-4-5-11(17)15-12(10)18;14-20-10-3-1-2-7-8(10)6-16(13(7)19)9-4-5-11(17)15-12(9)18/h1-3,10H,4-6,14H2,(H,15,17,18);1-3,9H,4-6,14H2,(H,15,17,18). The number of fused-ring (bicyclic) bond motifs is 2. The first-order valence-corrected chi connectivity index (χ1v) is 12.7. The van der Waals surface area contributed by atoms with Crippen LogP contribution in [0.2, 0.25) is 0 Å². The van der Waals surface area contributed by atoms with Crippen molar-refractivity contribution >= 4 is 35.4 Å². The van der Waals surface area contributed by atoms with Crippen molar-refractivity contribution in [1.82, 2.24) is 20.6 Å². The molecule has 2 unspecified atom stereocenters. The lowest BCUT2D eigenvalue weighted by molar-refractivity contribution is -0.183. The van der Waals surface area contributed by atoms with E-state index in [1.165, 1.54) is 4.90 Å². The minimum absolute atomic E-state index is 0.138. The molecule has 4 heterocycles. The predicted molar refractivity (Wildman–Crippen MR) is 136 cm³/mol. The number of rotatable bonds is 5. The average molecular weight is 567 g/mol. The number of carbonyl (C=O) groups excluding carboxylic acids is 6. The minimum atomic E-state index is -0.858. The third kappa shape index (κ3) is 5.32. The summed E-state index contributed by atoms with van der Waals surface area (Å²) in [7, 11) is 0. The van der Waals surface area contributed by atoms with Gasteiger partial charge in [-0.05, 0) is 37.1 Å². The van der Waals surface area contributed by atoms with E-state index in [0.717, 1.165) is 5.06 Å². The molecule has 0 bridgehead atoms. The van der Waals surface area contributed by atoms with Crippen molar-refractivity contribution < 1.29 is 43.3 Å². The van der Waals surface area contributed by atoms with Gasteiger partial charge >= 0.3 is 0 Å². The van der Waals surface area contributed by atoms with Crippen LogP contribution >= 0.6 is 0 Å². The fraction of sp³-hybridized carbons (Fsp3) is 0.308. The van der Waals surface area contributed by atoms with Crippen LogP contribution in [-0.2, 0) is 37.1 Å². The molecule has 41 heavy (non-hydrogen) atoms. The van der Waals surface area contributed by atoms with Gasteiger partial charge in [0.2, 0.25) is 17.7 Å². The Morgan fingerprint density at radius 3 is 1.85 bits per heavy atom. The Bertz CT molecular complexity index is 1460. The molecule has 2 aromatic carbocycles. The Labute approximate surface area is 232 Å². The van der Waals surface area contributed by atoms with Gasteiger partial charge in [0.25, 0.3) is 17.7 Å². The van der Waals surface area contributed by atoms with Gasteiger partial charge in [-0.15, -0.1) is 0 Å². The highest BCUT2D eigenvalue weighted by Gasteiger charge is 2.40. The third-order valence-corrected chi connectivity index (χ3v) is 7.13. The highest BCUT2D eigenvalue weighted by molar-refractivity contribution is 6.05. The van der Waals surface area contributed by atoms with E-state index in [-0.39, 0.29) is 56.0 Å². The molecule has 6 rings (SSSR count). The van der Waals surface area contributed by atoms with E-state index < -0.39 is 24.0 Å². The van der Waals surface area contributed by atoms with Crippen LogP contribution in [0.4, 0.5) is 0 Å². The van der Waals surface area contributed by atoms with E-state index in [0.29, 0.717) is 40.2 Å². The number of carbonyl (C=O) groups is 6. The van der Waals surface area contributed by atoms with Gasteiger partial charge in [0.05, 0.1) is 18.7 Å². The average Bonchev–Trinajstić information content (AvgIpc) is 3.46. The summed E-state index contributed by atoms with van der Waals surface area (Å²) in [4.78, 5) is 86.7. The summed E-state index contributed by atoms with van der Waals surface area (Å²) in [6.45, 7) is 0.396. The van der Waals surface area contributed by atoms with Crippen molar-refractivity contribution in [2.45, 2.75) is 50.9 Å². The van der Waals surface area contributed by atoms with Crippen LogP contribution in [0, 0.1) is 0 Å². The lowest BCUT2D eigenvalue weighted by Gasteiger charge is -2.29. The first kappa shape index (κ1) is 27.7. The van der Waals surface area contributed by atoms with E-state index in [2.05, 4.69) is 10.6 Å². The number of hydrogen-bond donors (Lipinski definition) is 4. The second-order valence-corrected chi connectivity index (χ2v) is 9.59. The fourth-order valence-electron chi connectivity index (χ4n) is 5.07. The van der Waals surface area contributed by atoms with Crippen LogP contribution in [0.5, 0.6) is 11.5 Å². The molecule has 15 heteroatoms. The van der Waals surface area contributed by atoms with Crippen molar-refractivity contribution in [2.75, 3.05) is 0 Å². The lowest BCUT2D eigenvalue weighted by Crippen LogP contribution is -2.52. The van der Waals surface area contributed by atoms with Gasteiger partial charge in [-0.3, -0.25) is 44.2 Å². The predicted octanol–water partition coefficient (Wildman–Crippen LogP) is -0.668. The molecule has 2 fully saturated rings. The van der Waals surface area contributed by atoms with E-state index in [4.69, 9.17) is 26.3 Å². The number of nitrogens with two attached hydrogens (primary N) is 2. The number of hydroxylamine groups is 2. The zero-order valence-corrected chi connectivity index (χ0v) is 21.6. The fourth-order valence-corrected chi connectivity index (χ4v) is 5.07. The molecular weight excluding hydrogens is 540 g/mol. The summed E-state index contributed by atoms with van der Waals surface area (Å²) >= 11 is 0. The normalized spacial score (nSPS) is 21.5. The molecule has 4 aliphatic heterocycles. The van der Waals surface area contributed by atoms with Gasteiger partial charge in [-0.25, -0.2) is 5.06 Å². The number of piperidine rings is 2. The molecule has 0 saturated carbocycles. The van der Waals surface area contributed by atoms with E-state index in [9.17, 15) is 28.8 Å². The first-order valence-electron chi connectivity index (χ1n) is 12.7. The molecule has 214 valence electrons. The summed E-state index contributed by atoms with van der Waals surface area (Å²) in [5.74, 6) is 8.93. The number of benzene rings is 2. The van der Waals surface area contributed by atoms with E-state index in [1.54, 1.807) is 36.4 Å². The summed E-state index contributed by atoms with van der Waals surface area (Å²) in [5, 5.41) is 5.52. The molecule has 2 atom stereocenters. The largest absolute Gasteiger partial charge is 0.411 e. The third-order valence-electron chi connectivity index (χ3n) is 7.13. The number of nitrogens with one attached hydrogen (secondary N) is 2. The second-order valence-electron chi connectivity index (χ2n) is 9.59. The van der Waals surface area contributed by atoms with Crippen molar-refractivity contribution in [3.63, 3.8) is 0 Å². The van der Waals surface area contributed by atoms with Crippen LogP contribution in [-0.4, -0.2) is 57.6 Å². The zero-order valence-electron chi connectivity index (χ0n) is 21.6. The first-order chi connectivity index (χ1) is 19.7. The van der Waals surface area contributed by atoms with Crippen molar-refractivity contribution in [3.05, 3.63) is 58.7 Å². The van der Waals surface area contributed by atoms with Gasteiger partial charge in [-0.2, -0.15) is 11.8 Å². The second kappa shape index (κ2) is 11.3. The van der Waals surface area contributed by atoms with Crippen LogP contribution in [0.25, 0.3) is 0 Å². The maximum Gasteiger partial charge on any atom is 0.278 e.